The lowest BCUT2D eigenvalue weighted by Crippen LogP contribution is -2.44. The topological polar surface area (TPSA) is 26.3 Å². The number of ketones is 1. The van der Waals surface area contributed by atoms with Crippen LogP contribution in [0.2, 0.25) is 0 Å². The van der Waals surface area contributed by atoms with Gasteiger partial charge in [-0.05, 0) is 41.3 Å². The van der Waals surface area contributed by atoms with E-state index < -0.39 is 0 Å². The molecule has 0 bridgehead atoms. The molecule has 26 heavy (non-hydrogen) atoms. The van der Waals surface area contributed by atoms with Gasteiger partial charge in [-0.15, -0.1) is 0 Å². The third-order valence-corrected chi connectivity index (χ3v) is 5.80. The maximum absolute atomic E-state index is 14.8. The summed E-state index contributed by atoms with van der Waals surface area (Å²) < 4.78 is 21.1. The monoisotopic (exact) mass is 346 g/mol. The molecule has 3 unspecified atom stereocenters. The molecule has 3 atom stereocenters. The highest BCUT2D eigenvalue weighted by molar-refractivity contribution is 5.92. The van der Waals surface area contributed by atoms with Crippen LogP contribution in [0.15, 0.2) is 60.7 Å². The summed E-state index contributed by atoms with van der Waals surface area (Å²) in [6, 6.07) is 18.9. The summed E-state index contributed by atoms with van der Waals surface area (Å²) in [6.07, 6.45) is 2.06. The zero-order chi connectivity index (χ0) is 17.7. The number of benzene rings is 3. The van der Waals surface area contributed by atoms with Crippen molar-refractivity contribution in [1.82, 2.24) is 0 Å². The molecular weight excluding hydrogens is 327 g/mol. The lowest BCUT2D eigenvalue weighted by molar-refractivity contribution is -0.130. The molecule has 3 aromatic carbocycles. The van der Waals surface area contributed by atoms with Gasteiger partial charge in [-0.25, -0.2) is 4.39 Å². The quantitative estimate of drug-likeness (QED) is 0.602. The molecule has 1 heterocycles. The Morgan fingerprint density at radius 2 is 1.77 bits per heavy atom. The van der Waals surface area contributed by atoms with E-state index in [9.17, 15) is 9.18 Å². The third kappa shape index (κ3) is 2.27. The van der Waals surface area contributed by atoms with Crippen LogP contribution < -0.4 is 4.74 Å². The van der Waals surface area contributed by atoms with E-state index in [1.807, 2.05) is 48.5 Å². The number of halogens is 1. The van der Waals surface area contributed by atoms with Gasteiger partial charge in [0.1, 0.15) is 23.5 Å². The first kappa shape index (κ1) is 15.6. The van der Waals surface area contributed by atoms with Gasteiger partial charge in [0.2, 0.25) is 0 Å². The fraction of sp³-hybridized carbons (Fsp3) is 0.261. The van der Waals surface area contributed by atoms with Crippen LogP contribution in [0.3, 0.4) is 0 Å². The standard InChI is InChI=1S/C23H19FO2/c24-17-9-4-3-8-16(17)22-21-15-7-2-1-6-14(15)12-13-20(21)26-19-11-5-10-18(25)23(19)22/h1-4,6-9,12-13,19,22-23H,5,10-11H2. The minimum absolute atomic E-state index is 0.172. The maximum atomic E-state index is 14.8. The molecule has 0 N–H and O–H groups in total. The van der Waals surface area contributed by atoms with E-state index in [1.54, 1.807) is 6.07 Å². The number of hydrogen-bond acceptors (Lipinski definition) is 2. The minimum atomic E-state index is -0.320. The number of fused-ring (bicyclic) bond motifs is 4. The number of Topliss-reactive ketones (excluding diaryl/α,β-unsaturated/α-hetero) is 1. The van der Waals surface area contributed by atoms with Gasteiger partial charge in [0.25, 0.3) is 0 Å². The average Bonchev–Trinajstić information content (AvgIpc) is 2.67. The highest BCUT2D eigenvalue weighted by atomic mass is 19.1. The van der Waals surface area contributed by atoms with Crippen LogP contribution in [0.4, 0.5) is 4.39 Å². The summed E-state index contributed by atoms with van der Waals surface area (Å²) >= 11 is 0. The maximum Gasteiger partial charge on any atom is 0.140 e. The lowest BCUT2D eigenvalue weighted by atomic mass is 9.68. The second kappa shape index (κ2) is 5.94. The van der Waals surface area contributed by atoms with Crippen molar-refractivity contribution >= 4 is 16.6 Å². The number of carbonyl (C=O) groups excluding carboxylic acids is 1. The van der Waals surface area contributed by atoms with Crippen molar-refractivity contribution in [3.63, 3.8) is 0 Å². The zero-order valence-electron chi connectivity index (χ0n) is 14.3. The Bertz CT molecular complexity index is 1010. The molecule has 1 fully saturated rings. The highest BCUT2D eigenvalue weighted by Gasteiger charge is 2.46. The van der Waals surface area contributed by atoms with Crippen LogP contribution in [0.5, 0.6) is 5.75 Å². The molecule has 130 valence electrons. The summed E-state index contributed by atoms with van der Waals surface area (Å²) in [4.78, 5) is 12.9. The predicted molar refractivity (Wildman–Crippen MR) is 99.0 cm³/mol. The van der Waals surface area contributed by atoms with Gasteiger partial charge in [-0.2, -0.15) is 0 Å². The molecule has 3 heteroatoms. The van der Waals surface area contributed by atoms with Gasteiger partial charge >= 0.3 is 0 Å². The van der Waals surface area contributed by atoms with Crippen molar-refractivity contribution in [2.45, 2.75) is 31.3 Å². The van der Waals surface area contributed by atoms with Crippen molar-refractivity contribution in [2.75, 3.05) is 0 Å². The van der Waals surface area contributed by atoms with Crippen molar-refractivity contribution in [1.29, 1.82) is 0 Å². The van der Waals surface area contributed by atoms with E-state index >= 15 is 0 Å². The summed E-state index contributed by atoms with van der Waals surface area (Å²) in [5.41, 5.74) is 1.54. The second-order valence-electron chi connectivity index (χ2n) is 7.24. The van der Waals surface area contributed by atoms with Crippen LogP contribution in [-0.2, 0) is 4.79 Å². The first-order valence-electron chi connectivity index (χ1n) is 9.19. The first-order valence-corrected chi connectivity index (χ1v) is 9.19. The van der Waals surface area contributed by atoms with Gasteiger partial charge in [-0.1, -0.05) is 48.5 Å². The molecule has 0 amide bonds. The Kier molecular flexibility index (Phi) is 3.56. The van der Waals surface area contributed by atoms with E-state index in [2.05, 4.69) is 0 Å². The number of hydrogen-bond donors (Lipinski definition) is 0. The van der Waals surface area contributed by atoms with E-state index in [4.69, 9.17) is 4.74 Å². The predicted octanol–water partition coefficient (Wildman–Crippen LogP) is 5.24. The van der Waals surface area contributed by atoms with E-state index in [-0.39, 0.29) is 29.5 Å². The first-order chi connectivity index (χ1) is 12.7. The van der Waals surface area contributed by atoms with Crippen LogP contribution in [0, 0.1) is 11.7 Å². The second-order valence-corrected chi connectivity index (χ2v) is 7.24. The molecule has 5 rings (SSSR count). The molecule has 0 saturated heterocycles. The Balaban J connectivity index is 1.82. The van der Waals surface area contributed by atoms with Crippen LogP contribution >= 0.6 is 0 Å². The number of ether oxygens (including phenoxy) is 1. The van der Waals surface area contributed by atoms with Crippen LogP contribution in [0.25, 0.3) is 10.8 Å². The van der Waals surface area contributed by atoms with Crippen LogP contribution in [-0.4, -0.2) is 11.9 Å². The summed E-state index contributed by atoms with van der Waals surface area (Å²) in [6.45, 7) is 0. The van der Waals surface area contributed by atoms with Gasteiger partial charge in [0.05, 0.1) is 5.92 Å². The van der Waals surface area contributed by atoms with Crippen molar-refractivity contribution in [3.05, 3.63) is 77.6 Å². The Labute approximate surface area is 151 Å². The fourth-order valence-corrected chi connectivity index (χ4v) is 4.68. The minimum Gasteiger partial charge on any atom is -0.489 e. The van der Waals surface area contributed by atoms with Crippen molar-refractivity contribution in [3.8, 4) is 5.75 Å². The summed E-state index contributed by atoms with van der Waals surface area (Å²) in [7, 11) is 0. The Morgan fingerprint density at radius 1 is 0.962 bits per heavy atom. The molecule has 1 aliphatic heterocycles. The zero-order valence-corrected chi connectivity index (χ0v) is 14.3. The SMILES string of the molecule is O=C1CCCC2Oc3ccc4ccccc4c3C(c3ccccc3F)C12. The molecule has 2 aliphatic rings. The largest absolute Gasteiger partial charge is 0.489 e. The summed E-state index contributed by atoms with van der Waals surface area (Å²) in [5, 5.41) is 2.12. The summed E-state index contributed by atoms with van der Waals surface area (Å²) in [5.74, 6) is 0.0965. The van der Waals surface area contributed by atoms with E-state index in [1.165, 1.54) is 6.07 Å². The number of carbonyl (C=O) groups is 1. The van der Waals surface area contributed by atoms with Crippen LogP contribution in [0.1, 0.15) is 36.3 Å². The lowest BCUT2D eigenvalue weighted by Gasteiger charge is -2.42. The van der Waals surface area contributed by atoms with Crippen molar-refractivity contribution < 1.29 is 13.9 Å². The molecule has 1 saturated carbocycles. The van der Waals surface area contributed by atoms with Gasteiger partial charge < -0.3 is 4.74 Å². The Hall–Kier alpha value is -2.68. The molecule has 1 aliphatic carbocycles. The fourth-order valence-electron chi connectivity index (χ4n) is 4.68. The van der Waals surface area contributed by atoms with Gasteiger partial charge in [0.15, 0.2) is 0 Å². The molecule has 0 spiro atoms. The van der Waals surface area contributed by atoms with Gasteiger partial charge in [-0.3, -0.25) is 4.79 Å². The van der Waals surface area contributed by atoms with E-state index in [0.717, 1.165) is 34.9 Å². The molecular formula is C23H19FO2. The third-order valence-electron chi connectivity index (χ3n) is 5.80. The molecule has 0 radical (unpaired) electrons. The average molecular weight is 346 g/mol. The smallest absolute Gasteiger partial charge is 0.140 e. The normalized spacial score (nSPS) is 24.7. The number of rotatable bonds is 1. The Morgan fingerprint density at radius 3 is 2.65 bits per heavy atom. The van der Waals surface area contributed by atoms with E-state index in [0.29, 0.717) is 12.0 Å². The highest BCUT2D eigenvalue weighted by Crippen LogP contribution is 2.50. The molecule has 0 aromatic heterocycles. The van der Waals surface area contributed by atoms with Crippen molar-refractivity contribution in [2.24, 2.45) is 5.92 Å². The molecule has 2 nitrogen and oxygen atoms in total. The molecule has 3 aromatic rings. The van der Waals surface area contributed by atoms with Gasteiger partial charge in [0, 0.05) is 17.9 Å².